The van der Waals surface area contributed by atoms with E-state index in [9.17, 15) is 26.3 Å². The molecule has 0 spiro atoms. The molecule has 4 aromatic rings. The van der Waals surface area contributed by atoms with Crippen molar-refractivity contribution in [1.29, 1.82) is 0 Å². The Labute approximate surface area is 275 Å². The Morgan fingerprint density at radius 1 is 0.640 bits per heavy atom. The van der Waals surface area contributed by atoms with Gasteiger partial charge in [0.15, 0.2) is 22.9 Å². The van der Waals surface area contributed by atoms with E-state index < -0.39 is 23.9 Å². The lowest BCUT2D eigenvalue weighted by molar-refractivity contribution is -0.275. The molecule has 0 radical (unpaired) electrons. The summed E-state index contributed by atoms with van der Waals surface area (Å²) < 4.78 is 83.5. The van der Waals surface area contributed by atoms with Crippen molar-refractivity contribution in [3.05, 3.63) is 85.0 Å². The first-order chi connectivity index (χ1) is 23.5. The van der Waals surface area contributed by atoms with E-state index in [0.717, 1.165) is 0 Å². The summed E-state index contributed by atoms with van der Waals surface area (Å²) in [6.45, 7) is 3.58. The van der Waals surface area contributed by atoms with Gasteiger partial charge in [-0.1, -0.05) is 34.6 Å². The maximum atomic E-state index is 12.1. The lowest BCUT2D eigenvalue weighted by Crippen LogP contribution is -2.24. The molecule has 0 unspecified atom stereocenters. The second-order valence-corrected chi connectivity index (χ2v) is 10.0. The van der Waals surface area contributed by atoms with E-state index in [1.54, 1.807) is 13.8 Å². The van der Waals surface area contributed by atoms with E-state index in [4.69, 9.17) is 28.9 Å². The molecule has 2 aromatic carbocycles. The summed E-state index contributed by atoms with van der Waals surface area (Å²) in [6.07, 6.45) is -2.35. The molecule has 0 N–H and O–H groups in total. The Kier molecular flexibility index (Phi) is 12.3. The molecule has 264 valence electrons. The Balaban J connectivity index is 0.000000234. The van der Waals surface area contributed by atoms with Crippen molar-refractivity contribution in [2.45, 2.75) is 50.6 Å². The lowest BCUT2D eigenvalue weighted by atomic mass is 9.92. The van der Waals surface area contributed by atoms with Crippen molar-refractivity contribution < 1.29 is 64.7 Å². The van der Waals surface area contributed by atoms with Crippen LogP contribution in [0.4, 0.5) is 26.3 Å². The molecule has 0 bridgehead atoms. The Morgan fingerprint density at radius 3 is 1.22 bits per heavy atom. The van der Waals surface area contributed by atoms with Gasteiger partial charge in [0, 0.05) is 0 Å². The smallest absolute Gasteiger partial charge is 0.406 e. The van der Waals surface area contributed by atoms with Crippen molar-refractivity contribution in [2.75, 3.05) is 0 Å². The molecule has 22 heteroatoms. The van der Waals surface area contributed by atoms with Crippen molar-refractivity contribution in [1.82, 2.24) is 29.5 Å². The fraction of sp³-hybridized carbons (Fsp3) is 0.286. The maximum absolute atomic E-state index is 12.1. The molecule has 0 aliphatic carbocycles. The molecule has 6 rings (SSSR count). The maximum Gasteiger partial charge on any atom is 0.573 e. The predicted octanol–water partition coefficient (Wildman–Crippen LogP) is 4.18. The molecule has 50 heavy (non-hydrogen) atoms. The molecule has 2 aliphatic heterocycles. The first-order valence-electron chi connectivity index (χ1n) is 13.5. The van der Waals surface area contributed by atoms with Crippen LogP contribution in [-0.2, 0) is 40.1 Å². The highest BCUT2D eigenvalue weighted by atomic mass is 19.4. The minimum atomic E-state index is -4.71. The fourth-order valence-electron chi connectivity index (χ4n) is 4.30. The van der Waals surface area contributed by atoms with Crippen molar-refractivity contribution in [3.63, 3.8) is 0 Å². The predicted molar refractivity (Wildman–Crippen MR) is 148 cm³/mol. The molecule has 16 nitrogen and oxygen atoms in total. The minimum Gasteiger partial charge on any atom is -0.406 e. The van der Waals surface area contributed by atoms with Gasteiger partial charge in [-0.3, -0.25) is 0 Å². The number of benzene rings is 2. The summed E-state index contributed by atoms with van der Waals surface area (Å²) in [5, 5.41) is 15.8. The van der Waals surface area contributed by atoms with Crippen LogP contribution in [0.2, 0.25) is 0 Å². The van der Waals surface area contributed by atoms with Crippen LogP contribution >= 0.6 is 0 Å². The highest BCUT2D eigenvalue weighted by Crippen LogP contribution is 2.37. The van der Waals surface area contributed by atoms with Gasteiger partial charge in [0.2, 0.25) is 0 Å². The molecular weight excluding hydrogens is 690 g/mol. The summed E-state index contributed by atoms with van der Waals surface area (Å²) in [5.74, 6) is 0.566. The number of oxime groups is 2. The van der Waals surface area contributed by atoms with Gasteiger partial charge in [0.05, 0.1) is 12.8 Å². The molecule has 2 aliphatic rings. The zero-order chi connectivity index (χ0) is 37.0. The SMILES string of the molecule is C[C@@]1(c2ccc(OC(F)(F)F)cc2)CC(n2cncn2)=NO1.C[C@]1(c2ccc(OC(F)(F)F)cc2)CC(n2cncn2)=NO1.O=C=O.O=C=O. The van der Waals surface area contributed by atoms with Crippen LogP contribution < -0.4 is 9.47 Å². The summed E-state index contributed by atoms with van der Waals surface area (Å²) in [4.78, 5) is 51.0. The highest BCUT2D eigenvalue weighted by Gasteiger charge is 2.39. The molecule has 2 atom stereocenters. The van der Waals surface area contributed by atoms with Gasteiger partial charge in [-0.25, -0.2) is 19.3 Å². The normalized spacial score (nSPS) is 19.1. The van der Waals surface area contributed by atoms with E-state index >= 15 is 0 Å². The number of alkyl halides is 6. The van der Waals surface area contributed by atoms with Gasteiger partial charge in [-0.15, -0.1) is 26.3 Å². The number of rotatable bonds is 4. The van der Waals surface area contributed by atoms with Crippen LogP contribution in [0.1, 0.15) is 37.8 Å². The van der Waals surface area contributed by atoms with Crippen LogP contribution in [0.15, 0.2) is 84.2 Å². The zero-order valence-electron chi connectivity index (χ0n) is 25.5. The van der Waals surface area contributed by atoms with E-state index in [-0.39, 0.29) is 23.8 Å². The van der Waals surface area contributed by atoms with Crippen molar-refractivity contribution in [2.24, 2.45) is 10.3 Å². The van der Waals surface area contributed by atoms with Crippen molar-refractivity contribution >= 4 is 24.0 Å². The second kappa shape index (κ2) is 16.1. The van der Waals surface area contributed by atoms with E-state index in [2.05, 4.69) is 40.0 Å². The molecule has 4 heterocycles. The quantitative estimate of drug-likeness (QED) is 0.275. The third-order valence-electron chi connectivity index (χ3n) is 6.46. The van der Waals surface area contributed by atoms with Crippen LogP contribution in [0, 0.1) is 0 Å². The summed E-state index contributed by atoms with van der Waals surface area (Å²) >= 11 is 0. The third-order valence-corrected chi connectivity index (χ3v) is 6.46. The largest absolute Gasteiger partial charge is 0.573 e. The number of halogens is 6. The molecule has 0 saturated heterocycles. The lowest BCUT2D eigenvalue weighted by Gasteiger charge is -2.22. The fourth-order valence-corrected chi connectivity index (χ4v) is 4.30. The molecular formula is C28H22F6N8O8. The third kappa shape index (κ3) is 10.8. The van der Waals surface area contributed by atoms with E-state index in [0.29, 0.717) is 35.6 Å². The summed E-state index contributed by atoms with van der Waals surface area (Å²) in [6, 6.07) is 11.0. The topological polar surface area (TPSA) is 191 Å². The van der Waals surface area contributed by atoms with E-state index in [1.807, 2.05) is 0 Å². The van der Waals surface area contributed by atoms with Crippen LogP contribution in [0.3, 0.4) is 0 Å². The average molecular weight is 713 g/mol. The van der Waals surface area contributed by atoms with Crippen LogP contribution in [0.5, 0.6) is 11.5 Å². The van der Waals surface area contributed by atoms with Gasteiger partial charge in [0.25, 0.3) is 0 Å². The standard InChI is InChI=1S/2C13H11F3N4O2.2CO2/c2*1-12(6-11(19-22-12)20-8-17-7-18-20)9-2-4-10(5-3-9)21-13(14,15)16;2*2-1-3/h2*2-5,7-8H,6H2,1H3;;/t2*12-;;/m10../s1. The number of hydrogen-bond acceptors (Lipinski definition) is 14. The Bertz CT molecular complexity index is 1670. The second-order valence-electron chi connectivity index (χ2n) is 10.0. The number of carbonyl (C=O) groups excluding carboxylic acids is 4. The monoisotopic (exact) mass is 712 g/mol. The van der Waals surface area contributed by atoms with Crippen LogP contribution in [0.25, 0.3) is 0 Å². The number of hydrogen-bond donors (Lipinski definition) is 0. The Morgan fingerprint density at radius 2 is 0.960 bits per heavy atom. The first-order valence-corrected chi connectivity index (χ1v) is 13.5. The number of aromatic nitrogens is 6. The number of ether oxygens (including phenoxy) is 2. The Hall–Kier alpha value is -6.40. The minimum absolute atomic E-state index is 0.250. The molecule has 0 amide bonds. The zero-order valence-corrected chi connectivity index (χ0v) is 25.5. The van der Waals surface area contributed by atoms with E-state index in [1.165, 1.54) is 83.2 Å². The van der Waals surface area contributed by atoms with Crippen LogP contribution in [-0.4, -0.2) is 66.2 Å². The van der Waals surface area contributed by atoms with Gasteiger partial charge >= 0.3 is 25.0 Å². The summed E-state index contributed by atoms with van der Waals surface area (Å²) in [5.41, 5.74) is -0.197. The first kappa shape index (κ1) is 38.1. The molecule has 0 saturated carbocycles. The van der Waals surface area contributed by atoms with Gasteiger partial charge < -0.3 is 19.1 Å². The number of nitrogens with zero attached hydrogens (tertiary/aromatic N) is 8. The molecule has 0 fully saturated rings. The summed E-state index contributed by atoms with van der Waals surface area (Å²) in [7, 11) is 0. The average Bonchev–Trinajstić information content (AvgIpc) is 3.86. The molecule has 2 aromatic heterocycles. The van der Waals surface area contributed by atoms with Crippen molar-refractivity contribution in [3.8, 4) is 11.5 Å². The van der Waals surface area contributed by atoms with Gasteiger partial charge in [-0.2, -0.15) is 29.4 Å². The van der Waals surface area contributed by atoms with Gasteiger partial charge in [-0.05, 0) is 49.2 Å². The van der Waals surface area contributed by atoms with Gasteiger partial charge in [0.1, 0.15) is 36.8 Å². The highest BCUT2D eigenvalue weighted by molar-refractivity contribution is 5.85.